The number of hydrogen-bond donors (Lipinski definition) is 2. The predicted octanol–water partition coefficient (Wildman–Crippen LogP) is 2.41. The van der Waals surface area contributed by atoms with Gasteiger partial charge in [-0.3, -0.25) is 0 Å². The van der Waals surface area contributed by atoms with E-state index in [2.05, 4.69) is 10.3 Å². The fourth-order valence-electron chi connectivity index (χ4n) is 2.01. The first-order valence-electron chi connectivity index (χ1n) is 5.33. The molecule has 1 saturated carbocycles. The highest BCUT2D eigenvalue weighted by Crippen LogP contribution is 2.23. The van der Waals surface area contributed by atoms with E-state index < -0.39 is 0 Å². The maximum atomic E-state index is 5.76. The Morgan fingerprint density at radius 2 is 2.07 bits per heavy atom. The minimum absolute atomic E-state index is 0.593. The average Bonchev–Trinajstić information content (AvgIpc) is 2.23. The Hall–Kier alpha value is -1.25. The van der Waals surface area contributed by atoms with Gasteiger partial charge in [-0.15, -0.1) is 0 Å². The lowest BCUT2D eigenvalue weighted by Gasteiger charge is -2.24. The van der Waals surface area contributed by atoms with Crippen molar-refractivity contribution >= 4 is 11.5 Å². The van der Waals surface area contributed by atoms with Gasteiger partial charge in [-0.05, 0) is 25.0 Å². The molecule has 1 fully saturated rings. The lowest BCUT2D eigenvalue weighted by atomic mass is 9.95. The molecule has 0 aromatic carbocycles. The van der Waals surface area contributed by atoms with E-state index in [-0.39, 0.29) is 0 Å². The molecular weight excluding hydrogens is 174 g/mol. The molecule has 0 amide bonds. The molecule has 0 bridgehead atoms. The highest BCUT2D eigenvalue weighted by molar-refractivity contribution is 5.61. The molecule has 3 heteroatoms. The van der Waals surface area contributed by atoms with Gasteiger partial charge in [0.15, 0.2) is 0 Å². The first-order valence-corrected chi connectivity index (χ1v) is 5.33. The third kappa shape index (κ3) is 2.16. The van der Waals surface area contributed by atoms with Gasteiger partial charge in [-0.25, -0.2) is 4.98 Å². The number of nitrogens with zero attached hydrogens (tertiary/aromatic N) is 1. The molecule has 0 radical (unpaired) electrons. The van der Waals surface area contributed by atoms with Crippen LogP contribution in [0.25, 0.3) is 0 Å². The van der Waals surface area contributed by atoms with E-state index >= 15 is 0 Å². The molecular formula is C11H17N3. The summed E-state index contributed by atoms with van der Waals surface area (Å²) in [7, 11) is 0. The van der Waals surface area contributed by atoms with Crippen LogP contribution in [0.3, 0.4) is 0 Å². The minimum Gasteiger partial charge on any atom is -0.382 e. The maximum absolute atomic E-state index is 5.76. The number of rotatable bonds is 2. The zero-order valence-electron chi connectivity index (χ0n) is 8.37. The molecule has 76 valence electrons. The number of pyridine rings is 1. The standard InChI is InChI=1S/C11H17N3/c12-11-10(7-4-8-13-11)14-9-5-2-1-3-6-9/h4,7-9,14H,1-3,5-6H2,(H2,12,13). The van der Waals surface area contributed by atoms with E-state index in [1.54, 1.807) is 6.20 Å². The van der Waals surface area contributed by atoms with E-state index in [1.165, 1.54) is 32.1 Å². The first kappa shape index (κ1) is 9.31. The predicted molar refractivity (Wildman–Crippen MR) is 59.1 cm³/mol. The number of anilines is 2. The number of hydrogen-bond acceptors (Lipinski definition) is 3. The fraction of sp³-hybridized carbons (Fsp3) is 0.545. The van der Waals surface area contributed by atoms with Crippen LogP contribution in [0.4, 0.5) is 11.5 Å². The van der Waals surface area contributed by atoms with Crippen LogP contribution in [0, 0.1) is 0 Å². The SMILES string of the molecule is Nc1ncccc1NC1CCCCC1. The summed E-state index contributed by atoms with van der Waals surface area (Å²) in [6, 6.07) is 4.51. The van der Waals surface area contributed by atoms with Crippen LogP contribution in [-0.2, 0) is 0 Å². The van der Waals surface area contributed by atoms with Crippen molar-refractivity contribution in [1.29, 1.82) is 0 Å². The van der Waals surface area contributed by atoms with Gasteiger partial charge < -0.3 is 11.1 Å². The number of nitrogens with one attached hydrogen (secondary N) is 1. The van der Waals surface area contributed by atoms with Gasteiger partial charge in [0, 0.05) is 12.2 Å². The number of nitrogens with two attached hydrogens (primary N) is 1. The van der Waals surface area contributed by atoms with Crippen LogP contribution in [-0.4, -0.2) is 11.0 Å². The zero-order chi connectivity index (χ0) is 9.80. The highest BCUT2D eigenvalue weighted by Gasteiger charge is 2.13. The van der Waals surface area contributed by atoms with E-state index in [0.29, 0.717) is 11.9 Å². The highest BCUT2D eigenvalue weighted by atomic mass is 15.0. The van der Waals surface area contributed by atoms with Gasteiger partial charge in [0.2, 0.25) is 0 Å². The Balaban J connectivity index is 1.99. The van der Waals surface area contributed by atoms with Crippen molar-refractivity contribution < 1.29 is 0 Å². The monoisotopic (exact) mass is 191 g/mol. The molecule has 3 nitrogen and oxygen atoms in total. The molecule has 0 spiro atoms. The summed E-state index contributed by atoms with van der Waals surface area (Å²) in [6.07, 6.45) is 8.28. The summed E-state index contributed by atoms with van der Waals surface area (Å²) in [5.41, 5.74) is 6.75. The van der Waals surface area contributed by atoms with Crippen molar-refractivity contribution in [3.8, 4) is 0 Å². The van der Waals surface area contributed by atoms with Gasteiger partial charge in [-0.2, -0.15) is 0 Å². The van der Waals surface area contributed by atoms with Crippen molar-refractivity contribution in [2.45, 2.75) is 38.1 Å². The van der Waals surface area contributed by atoms with Gasteiger partial charge in [0.1, 0.15) is 5.82 Å². The van der Waals surface area contributed by atoms with E-state index in [4.69, 9.17) is 5.73 Å². The lowest BCUT2D eigenvalue weighted by molar-refractivity contribution is 0.463. The van der Waals surface area contributed by atoms with Crippen molar-refractivity contribution in [2.24, 2.45) is 0 Å². The second-order valence-corrected chi connectivity index (χ2v) is 3.92. The van der Waals surface area contributed by atoms with E-state index in [1.807, 2.05) is 12.1 Å². The van der Waals surface area contributed by atoms with Gasteiger partial charge in [0.25, 0.3) is 0 Å². The van der Waals surface area contributed by atoms with Gasteiger partial charge in [0.05, 0.1) is 5.69 Å². The molecule has 14 heavy (non-hydrogen) atoms. The van der Waals surface area contributed by atoms with Crippen molar-refractivity contribution in [3.05, 3.63) is 18.3 Å². The average molecular weight is 191 g/mol. The first-order chi connectivity index (χ1) is 6.86. The minimum atomic E-state index is 0.593. The van der Waals surface area contributed by atoms with Crippen molar-refractivity contribution in [1.82, 2.24) is 4.98 Å². The number of aromatic nitrogens is 1. The zero-order valence-corrected chi connectivity index (χ0v) is 8.37. The van der Waals surface area contributed by atoms with Crippen LogP contribution >= 0.6 is 0 Å². The molecule has 1 heterocycles. The number of nitrogen functional groups attached to an aromatic ring is 1. The van der Waals surface area contributed by atoms with E-state index in [9.17, 15) is 0 Å². The van der Waals surface area contributed by atoms with Crippen LogP contribution in [0.15, 0.2) is 18.3 Å². The Morgan fingerprint density at radius 1 is 1.29 bits per heavy atom. The molecule has 1 aromatic heterocycles. The molecule has 0 unspecified atom stereocenters. The van der Waals surface area contributed by atoms with E-state index in [0.717, 1.165) is 5.69 Å². The largest absolute Gasteiger partial charge is 0.382 e. The second kappa shape index (κ2) is 4.31. The molecule has 1 aromatic rings. The molecule has 1 aliphatic rings. The van der Waals surface area contributed by atoms with Crippen LogP contribution in [0.1, 0.15) is 32.1 Å². The van der Waals surface area contributed by atoms with Crippen LogP contribution < -0.4 is 11.1 Å². The van der Waals surface area contributed by atoms with Crippen molar-refractivity contribution in [2.75, 3.05) is 11.1 Å². The van der Waals surface area contributed by atoms with Gasteiger partial charge >= 0.3 is 0 Å². The molecule has 2 rings (SSSR count). The molecule has 3 N–H and O–H groups in total. The Labute approximate surface area is 84.7 Å². The Kier molecular flexibility index (Phi) is 2.87. The van der Waals surface area contributed by atoms with Crippen LogP contribution in [0.5, 0.6) is 0 Å². The Bertz CT molecular complexity index is 292. The smallest absolute Gasteiger partial charge is 0.146 e. The van der Waals surface area contributed by atoms with Crippen LogP contribution in [0.2, 0.25) is 0 Å². The summed E-state index contributed by atoms with van der Waals surface area (Å²) in [5, 5.41) is 3.46. The summed E-state index contributed by atoms with van der Waals surface area (Å²) in [4.78, 5) is 4.06. The molecule has 0 atom stereocenters. The van der Waals surface area contributed by atoms with Crippen molar-refractivity contribution in [3.63, 3.8) is 0 Å². The Morgan fingerprint density at radius 3 is 2.79 bits per heavy atom. The summed E-state index contributed by atoms with van der Waals surface area (Å²) < 4.78 is 0. The molecule has 0 saturated heterocycles. The summed E-state index contributed by atoms with van der Waals surface area (Å²) >= 11 is 0. The van der Waals surface area contributed by atoms with Gasteiger partial charge in [-0.1, -0.05) is 19.3 Å². The summed E-state index contributed by atoms with van der Waals surface area (Å²) in [5.74, 6) is 0.609. The topological polar surface area (TPSA) is 50.9 Å². The third-order valence-electron chi connectivity index (χ3n) is 2.80. The maximum Gasteiger partial charge on any atom is 0.146 e. The normalized spacial score (nSPS) is 18.0. The second-order valence-electron chi connectivity index (χ2n) is 3.92. The lowest BCUT2D eigenvalue weighted by Crippen LogP contribution is -2.22. The molecule has 1 aliphatic carbocycles. The summed E-state index contributed by atoms with van der Waals surface area (Å²) in [6.45, 7) is 0. The third-order valence-corrected chi connectivity index (χ3v) is 2.80. The fourth-order valence-corrected chi connectivity index (χ4v) is 2.01. The molecule has 0 aliphatic heterocycles. The quantitative estimate of drug-likeness (QED) is 0.754.